The molecule has 0 aliphatic carbocycles. The molecule has 0 aliphatic heterocycles. The molecule has 0 aliphatic rings. The summed E-state index contributed by atoms with van der Waals surface area (Å²) in [5, 5.41) is 0. The molecule has 0 amide bonds. The van der Waals surface area contributed by atoms with Crippen LogP contribution in [0.25, 0.3) is 0 Å². The van der Waals surface area contributed by atoms with Gasteiger partial charge in [0.15, 0.2) is 9.84 Å². The molecule has 5 nitrogen and oxygen atoms in total. The fourth-order valence-corrected chi connectivity index (χ4v) is 3.02. The van der Waals surface area contributed by atoms with Gasteiger partial charge in [0, 0.05) is 31.0 Å². The fourth-order valence-electron chi connectivity index (χ4n) is 1.70. The van der Waals surface area contributed by atoms with Crippen molar-refractivity contribution >= 4 is 9.84 Å². The van der Waals surface area contributed by atoms with Gasteiger partial charge in [-0.3, -0.25) is 0 Å². The Morgan fingerprint density at radius 1 is 1.39 bits per heavy atom. The van der Waals surface area contributed by atoms with E-state index in [0.29, 0.717) is 13.0 Å². The molecule has 0 fully saturated rings. The second kappa shape index (κ2) is 6.89. The van der Waals surface area contributed by atoms with Gasteiger partial charge in [0.25, 0.3) is 0 Å². The third-order valence-electron chi connectivity index (χ3n) is 2.86. The largest absolute Gasteiger partial charge is 0.336 e. The minimum Gasteiger partial charge on any atom is -0.336 e. The number of sulfone groups is 1. The van der Waals surface area contributed by atoms with Crippen molar-refractivity contribution < 1.29 is 8.42 Å². The maximum Gasteiger partial charge on any atom is 0.152 e. The Hall–Kier alpha value is -0.880. The van der Waals surface area contributed by atoms with Crippen molar-refractivity contribution in [1.29, 1.82) is 0 Å². The quantitative estimate of drug-likeness (QED) is 0.766. The molecule has 0 saturated heterocycles. The molecule has 0 bridgehead atoms. The molecule has 6 heteroatoms. The van der Waals surface area contributed by atoms with Gasteiger partial charge >= 0.3 is 0 Å². The van der Waals surface area contributed by atoms with Crippen LogP contribution in [0.4, 0.5) is 0 Å². The summed E-state index contributed by atoms with van der Waals surface area (Å²) in [4.78, 5) is 4.24. The van der Waals surface area contributed by atoms with Crippen LogP contribution in [0.3, 0.4) is 0 Å². The van der Waals surface area contributed by atoms with E-state index in [9.17, 15) is 8.42 Å². The van der Waals surface area contributed by atoms with Gasteiger partial charge < -0.3 is 10.3 Å². The van der Waals surface area contributed by atoms with Crippen molar-refractivity contribution in [3.05, 3.63) is 18.2 Å². The van der Waals surface area contributed by atoms with E-state index in [1.165, 1.54) is 0 Å². The van der Waals surface area contributed by atoms with Gasteiger partial charge in [-0.25, -0.2) is 13.4 Å². The Morgan fingerprint density at radius 3 is 2.72 bits per heavy atom. The van der Waals surface area contributed by atoms with Crippen LogP contribution in [-0.2, 0) is 22.8 Å². The highest BCUT2D eigenvalue weighted by molar-refractivity contribution is 7.91. The van der Waals surface area contributed by atoms with Crippen molar-refractivity contribution in [2.75, 3.05) is 11.5 Å². The second-order valence-corrected chi connectivity index (χ2v) is 6.93. The van der Waals surface area contributed by atoms with Crippen LogP contribution in [0.1, 0.15) is 32.4 Å². The van der Waals surface area contributed by atoms with Crippen molar-refractivity contribution in [2.45, 2.75) is 45.7 Å². The van der Waals surface area contributed by atoms with Crippen molar-refractivity contribution in [1.82, 2.24) is 9.55 Å². The van der Waals surface area contributed by atoms with E-state index in [-0.39, 0.29) is 17.5 Å². The van der Waals surface area contributed by atoms with Crippen LogP contribution in [0.2, 0.25) is 0 Å². The highest BCUT2D eigenvalue weighted by Crippen LogP contribution is 2.03. The van der Waals surface area contributed by atoms with Gasteiger partial charge in [0.05, 0.1) is 17.8 Å². The van der Waals surface area contributed by atoms with Crippen molar-refractivity contribution in [2.24, 2.45) is 5.73 Å². The molecule has 0 saturated carbocycles. The summed E-state index contributed by atoms with van der Waals surface area (Å²) in [5.74, 6) is 0.436. The number of aryl methyl sites for hydroxylation is 1. The van der Waals surface area contributed by atoms with Gasteiger partial charge in [0.1, 0.15) is 0 Å². The normalized spacial score (nSPS) is 13.7. The third-order valence-corrected chi connectivity index (χ3v) is 4.69. The Balaban J connectivity index is 2.49. The lowest BCUT2D eigenvalue weighted by atomic mass is 10.1. The molecule has 1 aromatic rings. The molecule has 2 N–H and O–H groups in total. The zero-order valence-corrected chi connectivity index (χ0v) is 12.0. The van der Waals surface area contributed by atoms with Gasteiger partial charge in [-0.05, 0) is 12.8 Å². The Labute approximate surface area is 109 Å². The first-order chi connectivity index (χ1) is 8.46. The summed E-state index contributed by atoms with van der Waals surface area (Å²) < 4.78 is 25.0. The van der Waals surface area contributed by atoms with E-state index in [0.717, 1.165) is 18.5 Å². The predicted octanol–water partition coefficient (Wildman–Crippen LogP) is 0.988. The Kier molecular flexibility index (Phi) is 5.81. The number of rotatable bonds is 8. The van der Waals surface area contributed by atoms with Gasteiger partial charge in [0.2, 0.25) is 0 Å². The van der Waals surface area contributed by atoms with Gasteiger partial charge in [-0.1, -0.05) is 13.8 Å². The summed E-state index contributed by atoms with van der Waals surface area (Å²) in [6, 6.07) is 0.122. The van der Waals surface area contributed by atoms with Crippen LogP contribution in [0.5, 0.6) is 0 Å². The van der Waals surface area contributed by atoms with Gasteiger partial charge in [-0.2, -0.15) is 0 Å². The van der Waals surface area contributed by atoms with E-state index in [1.54, 1.807) is 6.33 Å². The Morgan fingerprint density at radius 2 is 2.11 bits per heavy atom. The van der Waals surface area contributed by atoms with Crippen LogP contribution < -0.4 is 5.73 Å². The standard InChI is InChI=1S/C12H23N3O2S/c1-3-6-18(16,17)7-5-15-9-12(14-10-15)8-11(13)4-2/h9-11H,3-8,13H2,1-2H3. The van der Waals surface area contributed by atoms with Crippen molar-refractivity contribution in [3.63, 3.8) is 0 Å². The van der Waals surface area contributed by atoms with E-state index in [1.807, 2.05) is 24.6 Å². The van der Waals surface area contributed by atoms with Crippen LogP contribution in [0, 0.1) is 0 Å². The molecule has 18 heavy (non-hydrogen) atoms. The number of hydrogen-bond donors (Lipinski definition) is 1. The summed E-state index contributed by atoms with van der Waals surface area (Å²) in [5.41, 5.74) is 6.78. The number of aromatic nitrogens is 2. The van der Waals surface area contributed by atoms with Crippen molar-refractivity contribution in [3.8, 4) is 0 Å². The lowest BCUT2D eigenvalue weighted by molar-refractivity contribution is 0.587. The average Bonchev–Trinajstić information content (AvgIpc) is 2.74. The smallest absolute Gasteiger partial charge is 0.152 e. The molecule has 0 radical (unpaired) electrons. The summed E-state index contributed by atoms with van der Waals surface area (Å²) in [7, 11) is -2.92. The molecule has 1 atom stereocenters. The van der Waals surface area contributed by atoms with Crippen LogP contribution in [0.15, 0.2) is 12.5 Å². The lowest BCUT2D eigenvalue weighted by Gasteiger charge is -2.05. The molecule has 104 valence electrons. The maximum absolute atomic E-state index is 11.6. The fraction of sp³-hybridized carbons (Fsp3) is 0.750. The predicted molar refractivity (Wildman–Crippen MR) is 73.1 cm³/mol. The molecule has 1 aromatic heterocycles. The first-order valence-electron chi connectivity index (χ1n) is 6.43. The number of nitrogens with zero attached hydrogens (tertiary/aromatic N) is 2. The maximum atomic E-state index is 11.6. The van der Waals surface area contributed by atoms with E-state index < -0.39 is 9.84 Å². The number of hydrogen-bond acceptors (Lipinski definition) is 4. The summed E-state index contributed by atoms with van der Waals surface area (Å²) >= 11 is 0. The van der Waals surface area contributed by atoms with E-state index >= 15 is 0 Å². The highest BCUT2D eigenvalue weighted by atomic mass is 32.2. The summed E-state index contributed by atoms with van der Waals surface area (Å²) in [6.07, 6.45) is 5.89. The van der Waals surface area contributed by atoms with Crippen LogP contribution in [-0.4, -0.2) is 35.5 Å². The van der Waals surface area contributed by atoms with Gasteiger partial charge in [-0.15, -0.1) is 0 Å². The molecule has 0 aromatic carbocycles. The molecule has 0 spiro atoms. The highest BCUT2D eigenvalue weighted by Gasteiger charge is 2.10. The molecule has 1 unspecified atom stereocenters. The molecular formula is C12H23N3O2S. The topological polar surface area (TPSA) is 78.0 Å². The minimum absolute atomic E-state index is 0.122. The Bertz CT molecular complexity index is 454. The molecular weight excluding hydrogens is 250 g/mol. The number of nitrogens with two attached hydrogens (primary N) is 1. The first-order valence-corrected chi connectivity index (χ1v) is 8.25. The van der Waals surface area contributed by atoms with E-state index in [4.69, 9.17) is 5.73 Å². The van der Waals surface area contributed by atoms with E-state index in [2.05, 4.69) is 4.98 Å². The monoisotopic (exact) mass is 273 g/mol. The lowest BCUT2D eigenvalue weighted by Crippen LogP contribution is -2.21. The zero-order valence-electron chi connectivity index (χ0n) is 11.2. The third kappa shape index (κ3) is 5.18. The molecule has 1 heterocycles. The second-order valence-electron chi connectivity index (χ2n) is 4.63. The SMILES string of the molecule is CCCS(=O)(=O)CCn1cnc(CC(N)CC)c1. The minimum atomic E-state index is -2.92. The van der Waals surface area contributed by atoms with Crippen LogP contribution >= 0.6 is 0 Å². The number of imidazole rings is 1. The zero-order chi connectivity index (χ0) is 13.6. The molecule has 1 rings (SSSR count). The first kappa shape index (κ1) is 15.2. The summed E-state index contributed by atoms with van der Waals surface area (Å²) in [6.45, 7) is 4.38. The average molecular weight is 273 g/mol.